The largest absolute Gasteiger partial charge is 0.299 e. The molecule has 1 atom stereocenters. The van der Waals surface area contributed by atoms with Gasteiger partial charge in [0.05, 0.1) is 5.69 Å². The number of likely N-dealkylation sites (tertiary alicyclic amines) is 2. The first-order chi connectivity index (χ1) is 14.2. The third-order valence-electron chi connectivity index (χ3n) is 5.97. The molecule has 5 nitrogen and oxygen atoms in total. The summed E-state index contributed by atoms with van der Waals surface area (Å²) in [7, 11) is 0. The summed E-state index contributed by atoms with van der Waals surface area (Å²) in [5, 5.41) is 5.72. The Balaban J connectivity index is 1.29. The lowest BCUT2D eigenvalue weighted by Gasteiger charge is -2.30. The number of hydrogen-bond donors (Lipinski definition) is 1. The summed E-state index contributed by atoms with van der Waals surface area (Å²) in [4.78, 5) is 22.2. The second-order valence-corrected chi connectivity index (χ2v) is 9.47. The van der Waals surface area contributed by atoms with Crippen molar-refractivity contribution < 1.29 is 4.79 Å². The normalized spacial score (nSPS) is 21.2. The summed E-state index contributed by atoms with van der Waals surface area (Å²) in [6.07, 6.45) is 6.54. The Bertz CT molecular complexity index is 797. The molecule has 0 spiro atoms. The minimum absolute atomic E-state index is 0.0815. The van der Waals surface area contributed by atoms with Crippen LogP contribution in [0, 0.1) is 5.92 Å². The average molecular weight is 413 g/mol. The third-order valence-corrected chi connectivity index (χ3v) is 6.78. The lowest BCUT2D eigenvalue weighted by molar-refractivity contribution is 0.102. The van der Waals surface area contributed by atoms with Crippen LogP contribution < -0.4 is 5.32 Å². The molecular formula is C23H32N4OS. The Morgan fingerprint density at radius 2 is 1.83 bits per heavy atom. The van der Waals surface area contributed by atoms with Crippen molar-refractivity contribution in [3.63, 3.8) is 0 Å². The molecule has 2 saturated heterocycles. The predicted molar refractivity (Wildman–Crippen MR) is 119 cm³/mol. The van der Waals surface area contributed by atoms with Gasteiger partial charge in [0.25, 0.3) is 5.91 Å². The highest BCUT2D eigenvalue weighted by Gasteiger charge is 2.18. The van der Waals surface area contributed by atoms with E-state index in [4.69, 9.17) is 0 Å². The Morgan fingerprint density at radius 3 is 2.59 bits per heavy atom. The Kier molecular flexibility index (Phi) is 6.95. The minimum Gasteiger partial charge on any atom is -0.299 e. The summed E-state index contributed by atoms with van der Waals surface area (Å²) in [6, 6.07) is 8.01. The molecule has 0 aliphatic carbocycles. The molecule has 4 rings (SSSR count). The lowest BCUT2D eigenvalue weighted by Crippen LogP contribution is -2.33. The lowest BCUT2D eigenvalue weighted by atomic mass is 10.0. The van der Waals surface area contributed by atoms with E-state index in [0.717, 1.165) is 37.8 Å². The number of piperidine rings is 2. The number of rotatable bonds is 6. The van der Waals surface area contributed by atoms with Gasteiger partial charge in [-0.05, 0) is 68.9 Å². The molecule has 0 saturated carbocycles. The summed E-state index contributed by atoms with van der Waals surface area (Å²) in [6.45, 7) is 8.83. The van der Waals surface area contributed by atoms with E-state index in [9.17, 15) is 4.79 Å². The first-order valence-corrected chi connectivity index (χ1v) is 11.8. The third kappa shape index (κ3) is 5.87. The average Bonchev–Trinajstić information content (AvgIpc) is 3.16. The van der Waals surface area contributed by atoms with Gasteiger partial charge in [0.2, 0.25) is 0 Å². The number of hydrogen-bond acceptors (Lipinski definition) is 5. The van der Waals surface area contributed by atoms with Gasteiger partial charge in [-0.25, -0.2) is 4.98 Å². The van der Waals surface area contributed by atoms with E-state index in [1.54, 1.807) is 0 Å². The van der Waals surface area contributed by atoms with Crippen LogP contribution in [0.5, 0.6) is 0 Å². The molecule has 29 heavy (non-hydrogen) atoms. The number of carbonyl (C=O) groups is 1. The van der Waals surface area contributed by atoms with E-state index in [2.05, 4.69) is 44.5 Å². The van der Waals surface area contributed by atoms with Crippen molar-refractivity contribution in [2.75, 3.05) is 31.5 Å². The Labute approximate surface area is 178 Å². The maximum atomic E-state index is 12.6. The zero-order chi connectivity index (χ0) is 20.1. The second-order valence-electron chi connectivity index (χ2n) is 8.61. The highest BCUT2D eigenvalue weighted by Crippen LogP contribution is 2.21. The molecule has 0 radical (unpaired) electrons. The number of carbonyl (C=O) groups excluding carboxylic acids is 1. The minimum atomic E-state index is -0.0815. The van der Waals surface area contributed by atoms with Gasteiger partial charge in [0, 0.05) is 30.6 Å². The zero-order valence-corrected chi connectivity index (χ0v) is 18.2. The van der Waals surface area contributed by atoms with E-state index >= 15 is 0 Å². The molecule has 1 amide bonds. The van der Waals surface area contributed by atoms with Gasteiger partial charge in [-0.1, -0.05) is 25.5 Å². The molecule has 0 bridgehead atoms. The highest BCUT2D eigenvalue weighted by molar-refractivity contribution is 7.13. The summed E-state index contributed by atoms with van der Waals surface area (Å²) in [5.41, 5.74) is 3.01. The summed E-state index contributed by atoms with van der Waals surface area (Å²) >= 11 is 1.51. The fraction of sp³-hybridized carbons (Fsp3) is 0.565. The van der Waals surface area contributed by atoms with Gasteiger partial charge >= 0.3 is 0 Å². The zero-order valence-electron chi connectivity index (χ0n) is 17.4. The second kappa shape index (κ2) is 9.83. The maximum Gasteiger partial charge on any atom is 0.257 e. The first kappa shape index (κ1) is 20.5. The molecule has 1 aromatic carbocycles. The molecule has 2 aromatic rings. The molecule has 2 aliphatic rings. The van der Waals surface area contributed by atoms with Crippen molar-refractivity contribution in [3.05, 3.63) is 46.5 Å². The van der Waals surface area contributed by atoms with Gasteiger partial charge in [0.15, 0.2) is 5.13 Å². The number of anilines is 1. The SMILES string of the molecule is CC1CCCN(Cc2csc(NC(=O)c3ccc(CN4CCCCC4)cc3)n2)C1. The van der Waals surface area contributed by atoms with Crippen LogP contribution in [0.4, 0.5) is 5.13 Å². The maximum absolute atomic E-state index is 12.6. The smallest absolute Gasteiger partial charge is 0.257 e. The van der Waals surface area contributed by atoms with Crippen LogP contribution in [-0.2, 0) is 13.1 Å². The van der Waals surface area contributed by atoms with Crippen LogP contribution >= 0.6 is 11.3 Å². The number of amides is 1. The molecule has 1 aromatic heterocycles. The molecule has 1 N–H and O–H groups in total. The molecule has 6 heteroatoms. The summed E-state index contributed by atoms with van der Waals surface area (Å²) < 4.78 is 0. The van der Waals surface area contributed by atoms with Gasteiger partial charge in [-0.2, -0.15) is 0 Å². The Morgan fingerprint density at radius 1 is 1.07 bits per heavy atom. The van der Waals surface area contributed by atoms with Gasteiger partial charge < -0.3 is 0 Å². The van der Waals surface area contributed by atoms with Crippen LogP contribution in [0.1, 0.15) is 60.6 Å². The van der Waals surface area contributed by atoms with Gasteiger partial charge in [0.1, 0.15) is 0 Å². The van der Waals surface area contributed by atoms with Crippen molar-refractivity contribution >= 4 is 22.4 Å². The molecular weight excluding hydrogens is 380 g/mol. The van der Waals surface area contributed by atoms with Crippen LogP contribution in [-0.4, -0.2) is 46.9 Å². The number of nitrogens with one attached hydrogen (secondary N) is 1. The van der Waals surface area contributed by atoms with Crippen molar-refractivity contribution in [1.29, 1.82) is 0 Å². The molecule has 156 valence electrons. The molecule has 3 heterocycles. The van der Waals surface area contributed by atoms with Crippen molar-refractivity contribution in [2.45, 2.75) is 52.1 Å². The highest BCUT2D eigenvalue weighted by atomic mass is 32.1. The standard InChI is InChI=1S/C23H32N4OS/c1-18-6-5-13-27(14-18)16-21-17-29-23(24-21)25-22(28)20-9-7-19(8-10-20)15-26-11-3-2-4-12-26/h7-10,17-18H,2-6,11-16H2,1H3,(H,24,25,28). The van der Waals surface area contributed by atoms with E-state index in [1.807, 2.05) is 12.1 Å². The van der Waals surface area contributed by atoms with Crippen LogP contribution in [0.25, 0.3) is 0 Å². The van der Waals surface area contributed by atoms with Gasteiger partial charge in [-0.3, -0.25) is 19.9 Å². The topological polar surface area (TPSA) is 48.5 Å². The van der Waals surface area contributed by atoms with E-state index in [1.165, 1.54) is 62.1 Å². The van der Waals surface area contributed by atoms with E-state index in [0.29, 0.717) is 10.7 Å². The first-order valence-electron chi connectivity index (χ1n) is 10.9. The molecule has 1 unspecified atom stereocenters. The number of nitrogens with zero attached hydrogens (tertiary/aromatic N) is 3. The van der Waals surface area contributed by atoms with Crippen LogP contribution in [0.2, 0.25) is 0 Å². The number of thiazole rings is 1. The fourth-order valence-corrected chi connectivity index (χ4v) is 5.10. The fourth-order valence-electron chi connectivity index (χ4n) is 4.40. The predicted octanol–water partition coefficient (Wildman–Crippen LogP) is 4.61. The van der Waals surface area contributed by atoms with Crippen molar-refractivity contribution in [3.8, 4) is 0 Å². The molecule has 2 fully saturated rings. The van der Waals surface area contributed by atoms with Crippen molar-refractivity contribution in [2.24, 2.45) is 5.92 Å². The summed E-state index contributed by atoms with van der Waals surface area (Å²) in [5.74, 6) is 0.682. The van der Waals surface area contributed by atoms with Crippen molar-refractivity contribution in [1.82, 2.24) is 14.8 Å². The monoisotopic (exact) mass is 412 g/mol. The van der Waals surface area contributed by atoms with Crippen LogP contribution in [0.15, 0.2) is 29.6 Å². The number of aromatic nitrogens is 1. The quantitative estimate of drug-likeness (QED) is 0.752. The Hall–Kier alpha value is -1.76. The van der Waals surface area contributed by atoms with Crippen LogP contribution in [0.3, 0.4) is 0 Å². The van der Waals surface area contributed by atoms with E-state index in [-0.39, 0.29) is 5.91 Å². The van der Waals surface area contributed by atoms with E-state index < -0.39 is 0 Å². The number of benzene rings is 1. The molecule has 2 aliphatic heterocycles. The van der Waals surface area contributed by atoms with Gasteiger partial charge in [-0.15, -0.1) is 11.3 Å².